The first kappa shape index (κ1) is 17.3. The van der Waals surface area contributed by atoms with Gasteiger partial charge in [-0.1, -0.05) is 6.07 Å². The fourth-order valence-corrected chi connectivity index (χ4v) is 5.01. The number of amides is 1. The van der Waals surface area contributed by atoms with Gasteiger partial charge in [0.2, 0.25) is 0 Å². The van der Waals surface area contributed by atoms with Crippen LogP contribution in [-0.2, 0) is 0 Å². The molecule has 10 heteroatoms. The normalized spacial score (nSPS) is 14.8. The average Bonchev–Trinajstić information content (AvgIpc) is 3.47. The number of aromatic nitrogens is 5. The Morgan fingerprint density at radius 3 is 2.82 bits per heavy atom. The molecule has 0 N–H and O–H groups in total. The molecule has 8 nitrogen and oxygen atoms in total. The zero-order valence-electron chi connectivity index (χ0n) is 15.1. The zero-order chi connectivity index (χ0) is 19.1. The highest BCUT2D eigenvalue weighted by Crippen LogP contribution is 2.29. The number of carbonyl (C=O) groups excluding carboxylic acids is 1. The minimum absolute atomic E-state index is 0.0526. The topological polar surface area (TPSA) is 79.5 Å². The van der Waals surface area contributed by atoms with Gasteiger partial charge in [0, 0.05) is 37.9 Å². The molecule has 0 saturated carbocycles. The maximum absolute atomic E-state index is 12.9. The fraction of sp³-hybridized carbons (Fsp3) is 0.278. The van der Waals surface area contributed by atoms with Crippen LogP contribution in [0.2, 0.25) is 0 Å². The van der Waals surface area contributed by atoms with E-state index in [0.717, 1.165) is 34.5 Å². The van der Waals surface area contributed by atoms with Gasteiger partial charge in [-0.3, -0.25) is 4.79 Å². The Morgan fingerprint density at radius 2 is 2.04 bits per heavy atom. The van der Waals surface area contributed by atoms with Gasteiger partial charge in [-0.15, -0.1) is 22.7 Å². The number of thiophene rings is 1. The largest absolute Gasteiger partial charge is 0.353 e. The van der Waals surface area contributed by atoms with Gasteiger partial charge in [-0.05, 0) is 18.4 Å². The van der Waals surface area contributed by atoms with Crippen molar-refractivity contribution in [2.24, 2.45) is 0 Å². The second-order valence-electron chi connectivity index (χ2n) is 6.51. The standard InChI is InChI=1S/C18H17N7OS2/c1-12-9-15(25-18(22-12)20-11-21-25)23-4-6-24(7-5-23)17(26)14-10-19-16(28-14)13-3-2-8-27-13/h2-3,8-11H,4-7H2,1H3. The maximum Gasteiger partial charge on any atom is 0.265 e. The lowest BCUT2D eigenvalue weighted by molar-refractivity contribution is 0.0751. The van der Waals surface area contributed by atoms with Crippen LogP contribution in [0.25, 0.3) is 15.7 Å². The quantitative estimate of drug-likeness (QED) is 0.516. The third kappa shape index (κ3) is 3.04. The van der Waals surface area contributed by atoms with Gasteiger partial charge in [-0.2, -0.15) is 14.6 Å². The van der Waals surface area contributed by atoms with Crippen LogP contribution in [0.15, 0.2) is 36.1 Å². The van der Waals surface area contributed by atoms with Crippen molar-refractivity contribution in [2.75, 3.05) is 31.1 Å². The van der Waals surface area contributed by atoms with Crippen LogP contribution in [0.4, 0.5) is 5.82 Å². The summed E-state index contributed by atoms with van der Waals surface area (Å²) in [5.74, 6) is 1.61. The summed E-state index contributed by atoms with van der Waals surface area (Å²) < 4.78 is 1.75. The molecule has 4 aromatic rings. The summed E-state index contributed by atoms with van der Waals surface area (Å²) in [6.45, 7) is 4.74. The second kappa shape index (κ2) is 6.95. The van der Waals surface area contributed by atoms with Crippen molar-refractivity contribution < 1.29 is 4.79 Å². The molecule has 0 unspecified atom stereocenters. The van der Waals surface area contributed by atoms with E-state index in [4.69, 9.17) is 0 Å². The summed E-state index contributed by atoms with van der Waals surface area (Å²) in [6, 6.07) is 6.03. The molecular formula is C18H17N7OS2. The number of thiazole rings is 1. The molecule has 0 atom stereocenters. The molecule has 1 amide bonds. The van der Waals surface area contributed by atoms with Gasteiger partial charge >= 0.3 is 0 Å². The Labute approximate surface area is 169 Å². The van der Waals surface area contributed by atoms with Gasteiger partial charge in [0.1, 0.15) is 22.0 Å². The Hall–Kier alpha value is -2.85. The fourth-order valence-electron chi connectivity index (χ4n) is 3.32. The molecule has 1 saturated heterocycles. The smallest absolute Gasteiger partial charge is 0.265 e. The molecule has 0 aliphatic carbocycles. The molecule has 0 radical (unpaired) electrons. The van der Waals surface area contributed by atoms with Crippen LogP contribution in [0, 0.1) is 6.92 Å². The third-order valence-corrected chi connectivity index (χ3v) is 6.72. The molecule has 0 aromatic carbocycles. The number of fused-ring (bicyclic) bond motifs is 1. The van der Waals surface area contributed by atoms with Crippen molar-refractivity contribution in [3.05, 3.63) is 46.7 Å². The van der Waals surface area contributed by atoms with Gasteiger partial charge in [0.15, 0.2) is 0 Å². The molecule has 28 heavy (non-hydrogen) atoms. The van der Waals surface area contributed by atoms with E-state index < -0.39 is 0 Å². The van der Waals surface area contributed by atoms with E-state index in [-0.39, 0.29) is 5.91 Å². The Morgan fingerprint density at radius 1 is 1.18 bits per heavy atom. The first-order valence-electron chi connectivity index (χ1n) is 8.90. The van der Waals surface area contributed by atoms with E-state index in [1.54, 1.807) is 22.0 Å². The molecular weight excluding hydrogens is 394 g/mol. The summed E-state index contributed by atoms with van der Waals surface area (Å²) in [7, 11) is 0. The summed E-state index contributed by atoms with van der Waals surface area (Å²) in [4.78, 5) is 31.8. The van der Waals surface area contributed by atoms with Crippen LogP contribution in [0.1, 0.15) is 15.4 Å². The third-order valence-electron chi connectivity index (χ3n) is 4.70. The predicted molar refractivity (Wildman–Crippen MR) is 109 cm³/mol. The summed E-state index contributed by atoms with van der Waals surface area (Å²) >= 11 is 3.09. The lowest BCUT2D eigenvalue weighted by Crippen LogP contribution is -2.49. The number of aryl methyl sites for hydroxylation is 1. The molecule has 5 heterocycles. The highest BCUT2D eigenvalue weighted by atomic mass is 32.1. The van der Waals surface area contributed by atoms with E-state index in [1.165, 1.54) is 17.7 Å². The van der Waals surface area contributed by atoms with Crippen LogP contribution >= 0.6 is 22.7 Å². The van der Waals surface area contributed by atoms with Gasteiger partial charge in [0.25, 0.3) is 11.7 Å². The average molecular weight is 412 g/mol. The number of anilines is 1. The molecule has 5 rings (SSSR count). The minimum Gasteiger partial charge on any atom is -0.353 e. The Balaban J connectivity index is 1.30. The Bertz CT molecular complexity index is 1130. The first-order valence-corrected chi connectivity index (χ1v) is 10.6. The van der Waals surface area contributed by atoms with Crippen molar-refractivity contribution in [3.8, 4) is 9.88 Å². The second-order valence-corrected chi connectivity index (χ2v) is 8.49. The monoisotopic (exact) mass is 411 g/mol. The summed E-state index contributed by atoms with van der Waals surface area (Å²) in [5.41, 5.74) is 0.903. The molecule has 0 bridgehead atoms. The van der Waals surface area contributed by atoms with Crippen LogP contribution < -0.4 is 4.90 Å². The zero-order valence-corrected chi connectivity index (χ0v) is 16.8. The lowest BCUT2D eigenvalue weighted by atomic mass is 10.3. The van der Waals surface area contributed by atoms with Crippen molar-refractivity contribution in [2.45, 2.75) is 6.92 Å². The van der Waals surface area contributed by atoms with Crippen molar-refractivity contribution in [3.63, 3.8) is 0 Å². The molecule has 1 aliphatic rings. The summed E-state index contributed by atoms with van der Waals surface area (Å²) in [5, 5.41) is 7.20. The van der Waals surface area contributed by atoms with Gasteiger partial charge in [-0.25, -0.2) is 9.97 Å². The SMILES string of the molecule is Cc1cc(N2CCN(C(=O)c3cnc(-c4cccs4)s3)CC2)n2ncnc2n1. The Kier molecular flexibility index (Phi) is 4.29. The molecule has 0 spiro atoms. The van der Waals surface area contributed by atoms with Crippen molar-refractivity contribution in [1.82, 2.24) is 29.5 Å². The number of carbonyl (C=O) groups is 1. The molecule has 4 aromatic heterocycles. The number of piperazine rings is 1. The molecule has 1 aliphatic heterocycles. The maximum atomic E-state index is 12.9. The minimum atomic E-state index is 0.0526. The van der Waals surface area contributed by atoms with E-state index in [9.17, 15) is 4.79 Å². The van der Waals surface area contributed by atoms with Crippen LogP contribution in [0.3, 0.4) is 0 Å². The summed E-state index contributed by atoms with van der Waals surface area (Å²) in [6.07, 6.45) is 3.21. The number of hydrogen-bond donors (Lipinski definition) is 0. The van der Waals surface area contributed by atoms with E-state index in [0.29, 0.717) is 23.7 Å². The highest BCUT2D eigenvalue weighted by Gasteiger charge is 2.25. The first-order chi connectivity index (χ1) is 13.7. The van der Waals surface area contributed by atoms with Gasteiger partial charge < -0.3 is 9.80 Å². The molecule has 142 valence electrons. The van der Waals surface area contributed by atoms with Gasteiger partial charge in [0.05, 0.1) is 11.1 Å². The van der Waals surface area contributed by atoms with E-state index >= 15 is 0 Å². The van der Waals surface area contributed by atoms with Crippen LogP contribution in [0.5, 0.6) is 0 Å². The number of hydrogen-bond acceptors (Lipinski definition) is 8. The number of nitrogens with zero attached hydrogens (tertiary/aromatic N) is 7. The number of rotatable bonds is 3. The van der Waals surface area contributed by atoms with Crippen molar-refractivity contribution in [1.29, 1.82) is 0 Å². The van der Waals surface area contributed by atoms with Crippen LogP contribution in [-0.4, -0.2) is 61.6 Å². The lowest BCUT2D eigenvalue weighted by Gasteiger charge is -2.35. The van der Waals surface area contributed by atoms with E-state index in [2.05, 4.69) is 25.0 Å². The van der Waals surface area contributed by atoms with Crippen molar-refractivity contribution >= 4 is 40.2 Å². The highest BCUT2D eigenvalue weighted by molar-refractivity contribution is 7.21. The molecule has 1 fully saturated rings. The van der Waals surface area contributed by atoms with E-state index in [1.807, 2.05) is 35.4 Å². The predicted octanol–water partition coefficient (Wildman–Crippen LogP) is 2.58.